The number of hydrogen-bond donors (Lipinski definition) is 0. The van der Waals surface area contributed by atoms with Crippen molar-refractivity contribution in [3.63, 3.8) is 0 Å². The zero-order valence-electron chi connectivity index (χ0n) is 10.4. The van der Waals surface area contributed by atoms with Crippen LogP contribution < -0.4 is 4.84 Å². The first-order valence-electron chi connectivity index (χ1n) is 5.67. The van der Waals surface area contributed by atoms with Crippen molar-refractivity contribution in [1.29, 1.82) is 0 Å². The van der Waals surface area contributed by atoms with E-state index in [2.05, 4.69) is 15.9 Å². The van der Waals surface area contributed by atoms with Crippen molar-refractivity contribution in [3.05, 3.63) is 38.1 Å². The van der Waals surface area contributed by atoms with Gasteiger partial charge in [-0.3, -0.25) is 0 Å². The molecule has 0 saturated carbocycles. The van der Waals surface area contributed by atoms with E-state index in [1.807, 2.05) is 29.6 Å². The molecule has 0 atom stereocenters. The summed E-state index contributed by atoms with van der Waals surface area (Å²) in [6.45, 7) is 3.58. The lowest BCUT2D eigenvalue weighted by molar-refractivity contribution is -0.147. The molecule has 0 amide bonds. The van der Waals surface area contributed by atoms with E-state index in [9.17, 15) is 4.79 Å². The average molecular weight is 358 g/mol. The fourth-order valence-corrected chi connectivity index (χ4v) is 2.61. The molecule has 1 aromatic carbocycles. The summed E-state index contributed by atoms with van der Waals surface area (Å²) in [5, 5.41) is 1.89. The Hall–Kier alpha value is -0.980. The van der Waals surface area contributed by atoms with E-state index in [1.165, 1.54) is 16.1 Å². The molecule has 0 N–H and O–H groups in total. The van der Waals surface area contributed by atoms with Crippen molar-refractivity contribution < 1.29 is 9.63 Å². The minimum Gasteiger partial charge on any atom is -0.334 e. The van der Waals surface area contributed by atoms with E-state index in [4.69, 9.17) is 17.1 Å². The number of halogens is 1. The van der Waals surface area contributed by atoms with Crippen LogP contribution in [0.3, 0.4) is 0 Å². The van der Waals surface area contributed by atoms with E-state index < -0.39 is 0 Å². The first-order chi connectivity index (χ1) is 8.99. The van der Waals surface area contributed by atoms with Crippen LogP contribution in [0.1, 0.15) is 13.8 Å². The Morgan fingerprint density at radius 3 is 2.58 bits per heavy atom. The minimum absolute atomic E-state index is 0.195. The van der Waals surface area contributed by atoms with Crippen LogP contribution in [-0.2, 0) is 4.79 Å². The maximum absolute atomic E-state index is 11.7. The Morgan fingerprint density at radius 2 is 2.00 bits per heavy atom. The quantitative estimate of drug-likeness (QED) is 0.766. The summed E-state index contributed by atoms with van der Waals surface area (Å²) in [7, 11) is 0. The normalized spacial score (nSPS) is 10.7. The van der Waals surface area contributed by atoms with Gasteiger partial charge in [0.2, 0.25) is 0 Å². The topological polar surface area (TPSA) is 31.2 Å². The second-order valence-electron chi connectivity index (χ2n) is 4.25. The third-order valence-electron chi connectivity index (χ3n) is 2.45. The molecule has 2 aromatic rings. The highest BCUT2D eigenvalue weighted by atomic mass is 79.9. The molecule has 6 heteroatoms. The van der Waals surface area contributed by atoms with Gasteiger partial charge in [0.15, 0.2) is 3.95 Å². The van der Waals surface area contributed by atoms with Crippen molar-refractivity contribution in [2.45, 2.75) is 13.8 Å². The predicted molar refractivity (Wildman–Crippen MR) is 82.7 cm³/mol. The van der Waals surface area contributed by atoms with Crippen molar-refractivity contribution in [1.82, 2.24) is 4.73 Å². The predicted octanol–water partition coefficient (Wildman–Crippen LogP) is 4.32. The van der Waals surface area contributed by atoms with Crippen LogP contribution in [0.4, 0.5) is 0 Å². The molecule has 2 rings (SSSR count). The second kappa shape index (κ2) is 5.98. The molecule has 0 aliphatic carbocycles. The number of benzene rings is 1. The molecule has 100 valence electrons. The van der Waals surface area contributed by atoms with Gasteiger partial charge in [0, 0.05) is 15.4 Å². The van der Waals surface area contributed by atoms with Gasteiger partial charge >= 0.3 is 5.97 Å². The lowest BCUT2D eigenvalue weighted by atomic mass is 10.2. The van der Waals surface area contributed by atoms with Gasteiger partial charge in [-0.15, -0.1) is 11.3 Å². The Labute approximate surface area is 128 Å². The number of thiazole rings is 1. The van der Waals surface area contributed by atoms with Gasteiger partial charge in [0.05, 0.1) is 5.92 Å². The van der Waals surface area contributed by atoms with Crippen molar-refractivity contribution in [2.24, 2.45) is 5.92 Å². The molecular formula is C13H12BrNO2S2. The van der Waals surface area contributed by atoms with Crippen LogP contribution in [0.5, 0.6) is 0 Å². The summed E-state index contributed by atoms with van der Waals surface area (Å²) in [6, 6.07) is 7.76. The Balaban J connectivity index is 2.40. The van der Waals surface area contributed by atoms with E-state index >= 15 is 0 Å². The molecular weight excluding hydrogens is 346 g/mol. The van der Waals surface area contributed by atoms with Gasteiger partial charge in [-0.1, -0.05) is 41.9 Å². The van der Waals surface area contributed by atoms with Crippen LogP contribution >= 0.6 is 39.5 Å². The molecule has 0 saturated heterocycles. The molecule has 0 spiro atoms. The minimum atomic E-state index is -0.298. The molecule has 0 radical (unpaired) electrons. The maximum atomic E-state index is 11.7. The lowest BCUT2D eigenvalue weighted by Gasteiger charge is -2.10. The number of carbonyl (C=O) groups is 1. The first kappa shape index (κ1) is 14.4. The average Bonchev–Trinajstić information content (AvgIpc) is 2.72. The Morgan fingerprint density at radius 1 is 1.37 bits per heavy atom. The van der Waals surface area contributed by atoms with Crippen molar-refractivity contribution >= 4 is 45.5 Å². The summed E-state index contributed by atoms with van der Waals surface area (Å²) in [5.74, 6) is -0.493. The summed E-state index contributed by atoms with van der Waals surface area (Å²) >= 11 is 9.96. The van der Waals surface area contributed by atoms with E-state index in [-0.39, 0.29) is 11.9 Å². The highest BCUT2D eigenvalue weighted by molar-refractivity contribution is 9.10. The van der Waals surface area contributed by atoms with Crippen LogP contribution in [0.15, 0.2) is 34.1 Å². The van der Waals surface area contributed by atoms with E-state index in [0.29, 0.717) is 3.95 Å². The van der Waals surface area contributed by atoms with Crippen LogP contribution in [0, 0.1) is 9.87 Å². The highest BCUT2D eigenvalue weighted by Crippen LogP contribution is 2.24. The third-order valence-corrected chi connectivity index (χ3v) is 4.14. The number of aromatic nitrogens is 1. The number of nitrogens with zero attached hydrogens (tertiary/aromatic N) is 1. The molecule has 3 nitrogen and oxygen atoms in total. The van der Waals surface area contributed by atoms with E-state index in [1.54, 1.807) is 13.8 Å². The maximum Gasteiger partial charge on any atom is 0.335 e. The fraction of sp³-hybridized carbons (Fsp3) is 0.231. The smallest absolute Gasteiger partial charge is 0.334 e. The Kier molecular flexibility index (Phi) is 4.54. The summed E-state index contributed by atoms with van der Waals surface area (Å²) in [6.07, 6.45) is 0. The molecule has 0 fully saturated rings. The van der Waals surface area contributed by atoms with Gasteiger partial charge in [-0.05, 0) is 24.4 Å². The Bertz CT molecular complexity index is 643. The molecule has 0 aliphatic heterocycles. The zero-order valence-corrected chi connectivity index (χ0v) is 13.6. The second-order valence-corrected chi connectivity index (χ2v) is 6.67. The number of hydrogen-bond acceptors (Lipinski definition) is 4. The molecule has 19 heavy (non-hydrogen) atoms. The molecule has 0 bridgehead atoms. The lowest BCUT2D eigenvalue weighted by Crippen LogP contribution is -2.24. The summed E-state index contributed by atoms with van der Waals surface area (Å²) in [5.41, 5.74) is 1.74. The van der Waals surface area contributed by atoms with Gasteiger partial charge in [0.25, 0.3) is 0 Å². The van der Waals surface area contributed by atoms with Crippen LogP contribution in [0.25, 0.3) is 11.3 Å². The standard InChI is InChI=1S/C13H12BrNO2S2/c1-8(2)12(16)17-15-11(7-19-13(15)18)9-3-5-10(14)6-4-9/h3-8H,1-2H3. The summed E-state index contributed by atoms with van der Waals surface area (Å²) < 4.78 is 2.94. The molecule has 1 aromatic heterocycles. The number of carbonyl (C=O) groups excluding carboxylic acids is 1. The highest BCUT2D eigenvalue weighted by Gasteiger charge is 2.14. The SMILES string of the molecule is CC(C)C(=O)On1c(-c2ccc(Br)cc2)csc1=S. The number of rotatable bonds is 3. The summed E-state index contributed by atoms with van der Waals surface area (Å²) in [4.78, 5) is 17.0. The monoisotopic (exact) mass is 357 g/mol. The van der Waals surface area contributed by atoms with Gasteiger partial charge < -0.3 is 4.84 Å². The molecule has 0 unspecified atom stereocenters. The van der Waals surface area contributed by atoms with E-state index in [0.717, 1.165) is 15.7 Å². The van der Waals surface area contributed by atoms with Crippen LogP contribution in [0.2, 0.25) is 0 Å². The third kappa shape index (κ3) is 3.32. The molecule has 0 aliphatic rings. The van der Waals surface area contributed by atoms with Crippen molar-refractivity contribution in [2.75, 3.05) is 0 Å². The zero-order chi connectivity index (χ0) is 14.0. The molecule has 1 heterocycles. The van der Waals surface area contributed by atoms with Gasteiger partial charge in [-0.25, -0.2) is 4.79 Å². The first-order valence-corrected chi connectivity index (χ1v) is 7.76. The van der Waals surface area contributed by atoms with Crippen LogP contribution in [-0.4, -0.2) is 10.7 Å². The van der Waals surface area contributed by atoms with Gasteiger partial charge in [-0.2, -0.15) is 4.73 Å². The van der Waals surface area contributed by atoms with Crippen molar-refractivity contribution in [3.8, 4) is 11.3 Å². The fourth-order valence-electron chi connectivity index (χ4n) is 1.39. The van der Waals surface area contributed by atoms with Gasteiger partial charge in [0.1, 0.15) is 5.69 Å². The largest absolute Gasteiger partial charge is 0.335 e.